The van der Waals surface area contributed by atoms with Crippen molar-refractivity contribution in [2.24, 2.45) is 0 Å². The highest BCUT2D eigenvalue weighted by molar-refractivity contribution is 5.63. The molecule has 0 unspecified atom stereocenters. The van der Waals surface area contributed by atoms with Crippen LogP contribution in [-0.2, 0) is 5.41 Å². The summed E-state index contributed by atoms with van der Waals surface area (Å²) in [6.07, 6.45) is 11.5. The second-order valence-corrected chi connectivity index (χ2v) is 9.61. The number of benzene rings is 2. The van der Waals surface area contributed by atoms with Crippen LogP contribution in [0.3, 0.4) is 0 Å². The Bertz CT molecular complexity index is 1100. The monoisotopic (exact) mass is 459 g/mol. The molecule has 0 bridgehead atoms. The Balaban J connectivity index is 1.51. The molecule has 3 N–H and O–H groups in total. The first-order chi connectivity index (χ1) is 16.6. The predicted molar refractivity (Wildman–Crippen MR) is 133 cm³/mol. The summed E-state index contributed by atoms with van der Waals surface area (Å²) in [5.74, 6) is 1.88. The van der Waals surface area contributed by atoms with Crippen molar-refractivity contribution in [3.8, 4) is 22.6 Å². The summed E-state index contributed by atoms with van der Waals surface area (Å²) in [4.78, 5) is 8.24. The molecule has 0 spiro atoms. The molecule has 34 heavy (non-hydrogen) atoms. The summed E-state index contributed by atoms with van der Waals surface area (Å²) in [6, 6.07) is 15.0. The Kier molecular flexibility index (Phi) is 6.42. The van der Waals surface area contributed by atoms with Gasteiger partial charge in [0, 0.05) is 23.4 Å². The number of methoxy groups -OCH3 is 1. The van der Waals surface area contributed by atoms with E-state index in [2.05, 4.69) is 46.4 Å². The average Bonchev–Trinajstić information content (AvgIpc) is 3.38. The molecule has 2 saturated carbocycles. The van der Waals surface area contributed by atoms with E-state index < -0.39 is 0 Å². The standard InChI is InChI=1S/C28H33N3O3/c1-33-25-11-10-22(16-26(25)34-24-4-2-3-5-24)28(14-12-23(32)13-15-28)21-8-6-19(7-9-21)20-17-30-27(29)31-18-20/h6-11,16-18,23-24,32H,2-5,12-15H2,1H3,(H2,29,30,31). The molecule has 2 fully saturated rings. The first-order valence-electron chi connectivity index (χ1n) is 12.3. The molecular weight excluding hydrogens is 426 g/mol. The summed E-state index contributed by atoms with van der Waals surface area (Å²) >= 11 is 0. The second-order valence-electron chi connectivity index (χ2n) is 9.61. The average molecular weight is 460 g/mol. The first kappa shape index (κ1) is 22.7. The van der Waals surface area contributed by atoms with Gasteiger partial charge in [0.05, 0.1) is 19.3 Å². The number of aromatic nitrogens is 2. The highest BCUT2D eigenvalue weighted by Gasteiger charge is 2.38. The van der Waals surface area contributed by atoms with E-state index in [1.807, 2.05) is 6.07 Å². The van der Waals surface area contributed by atoms with Gasteiger partial charge in [0.25, 0.3) is 0 Å². The Labute approximate surface area is 201 Å². The van der Waals surface area contributed by atoms with Crippen LogP contribution in [0.2, 0.25) is 0 Å². The van der Waals surface area contributed by atoms with Crippen LogP contribution in [0.15, 0.2) is 54.9 Å². The topological polar surface area (TPSA) is 90.5 Å². The highest BCUT2D eigenvalue weighted by atomic mass is 16.5. The third kappa shape index (κ3) is 4.47. The Morgan fingerprint density at radius 1 is 0.853 bits per heavy atom. The van der Waals surface area contributed by atoms with E-state index in [0.29, 0.717) is 0 Å². The zero-order valence-corrected chi connectivity index (χ0v) is 19.7. The number of aliphatic hydroxyl groups excluding tert-OH is 1. The maximum Gasteiger partial charge on any atom is 0.219 e. The third-order valence-corrected chi connectivity index (χ3v) is 7.56. The number of aliphatic hydroxyl groups is 1. The van der Waals surface area contributed by atoms with Crippen LogP contribution in [0.4, 0.5) is 5.95 Å². The molecule has 0 radical (unpaired) electrons. The number of nitrogens with two attached hydrogens (primary N) is 1. The van der Waals surface area contributed by atoms with Crippen LogP contribution in [0.25, 0.3) is 11.1 Å². The quantitative estimate of drug-likeness (QED) is 0.521. The maximum absolute atomic E-state index is 10.3. The van der Waals surface area contributed by atoms with Gasteiger partial charge in [-0.05, 0) is 80.2 Å². The minimum atomic E-state index is -0.244. The fourth-order valence-electron chi connectivity index (χ4n) is 5.56. The second kappa shape index (κ2) is 9.63. The molecule has 2 aliphatic carbocycles. The van der Waals surface area contributed by atoms with Gasteiger partial charge >= 0.3 is 0 Å². The molecule has 2 aromatic carbocycles. The Hall–Kier alpha value is -3.12. The summed E-state index contributed by atoms with van der Waals surface area (Å²) in [7, 11) is 1.70. The molecule has 6 nitrogen and oxygen atoms in total. The number of nitrogens with zero attached hydrogens (tertiary/aromatic N) is 2. The molecule has 0 saturated heterocycles. The molecular formula is C28H33N3O3. The lowest BCUT2D eigenvalue weighted by molar-refractivity contribution is 0.106. The largest absolute Gasteiger partial charge is 0.493 e. The Morgan fingerprint density at radius 3 is 2.15 bits per heavy atom. The van der Waals surface area contributed by atoms with E-state index in [9.17, 15) is 5.11 Å². The van der Waals surface area contributed by atoms with Gasteiger partial charge in [-0.1, -0.05) is 30.3 Å². The van der Waals surface area contributed by atoms with Gasteiger partial charge < -0.3 is 20.3 Å². The summed E-state index contributed by atoms with van der Waals surface area (Å²) in [6.45, 7) is 0. The fraction of sp³-hybridized carbons (Fsp3) is 0.429. The highest BCUT2D eigenvalue weighted by Crippen LogP contribution is 2.47. The Morgan fingerprint density at radius 2 is 1.50 bits per heavy atom. The number of anilines is 1. The van der Waals surface area contributed by atoms with Crippen molar-refractivity contribution in [2.45, 2.75) is 69.0 Å². The summed E-state index contributed by atoms with van der Waals surface area (Å²) < 4.78 is 12.1. The van der Waals surface area contributed by atoms with E-state index in [1.54, 1.807) is 19.5 Å². The van der Waals surface area contributed by atoms with E-state index in [0.717, 1.165) is 61.2 Å². The van der Waals surface area contributed by atoms with Crippen LogP contribution in [0.5, 0.6) is 11.5 Å². The maximum atomic E-state index is 10.3. The third-order valence-electron chi connectivity index (χ3n) is 7.56. The normalized spacial score (nSPS) is 23.1. The van der Waals surface area contributed by atoms with Crippen molar-refractivity contribution < 1.29 is 14.6 Å². The zero-order chi connectivity index (χ0) is 23.5. The van der Waals surface area contributed by atoms with Crippen molar-refractivity contribution in [1.29, 1.82) is 0 Å². The molecule has 5 rings (SSSR count). The molecule has 178 valence electrons. The first-order valence-corrected chi connectivity index (χ1v) is 12.3. The van der Waals surface area contributed by atoms with Crippen molar-refractivity contribution in [3.63, 3.8) is 0 Å². The minimum absolute atomic E-state index is 0.185. The number of ether oxygens (including phenoxy) is 2. The van der Waals surface area contributed by atoms with Crippen LogP contribution >= 0.6 is 0 Å². The van der Waals surface area contributed by atoms with Crippen LogP contribution in [0.1, 0.15) is 62.5 Å². The number of hydrogen-bond donors (Lipinski definition) is 2. The van der Waals surface area contributed by atoms with Gasteiger partial charge in [-0.2, -0.15) is 0 Å². The van der Waals surface area contributed by atoms with Crippen molar-refractivity contribution in [1.82, 2.24) is 9.97 Å². The number of hydrogen-bond acceptors (Lipinski definition) is 6. The van der Waals surface area contributed by atoms with Gasteiger partial charge in [0.2, 0.25) is 5.95 Å². The lowest BCUT2D eigenvalue weighted by Crippen LogP contribution is -2.34. The lowest BCUT2D eigenvalue weighted by Gasteiger charge is -2.40. The van der Waals surface area contributed by atoms with Gasteiger partial charge in [0.1, 0.15) is 0 Å². The van der Waals surface area contributed by atoms with Crippen molar-refractivity contribution in [3.05, 3.63) is 66.0 Å². The van der Waals surface area contributed by atoms with Crippen LogP contribution in [0, 0.1) is 0 Å². The summed E-state index contributed by atoms with van der Waals surface area (Å²) in [5.41, 5.74) is 9.91. The van der Waals surface area contributed by atoms with Crippen LogP contribution in [-0.4, -0.2) is 34.4 Å². The van der Waals surface area contributed by atoms with Gasteiger partial charge in [-0.15, -0.1) is 0 Å². The van der Waals surface area contributed by atoms with Gasteiger partial charge in [-0.25, -0.2) is 9.97 Å². The smallest absolute Gasteiger partial charge is 0.219 e. The SMILES string of the molecule is COc1ccc(C2(c3ccc(-c4cnc(N)nc4)cc3)CCC(O)CC2)cc1OC1CCCC1. The molecule has 1 aromatic heterocycles. The molecule has 2 aliphatic rings. The van der Waals surface area contributed by atoms with E-state index >= 15 is 0 Å². The zero-order valence-electron chi connectivity index (χ0n) is 19.7. The summed E-state index contributed by atoms with van der Waals surface area (Å²) in [5, 5.41) is 10.3. The van der Waals surface area contributed by atoms with E-state index in [1.165, 1.54) is 24.0 Å². The molecule has 3 aromatic rings. The number of nitrogen functional groups attached to an aromatic ring is 1. The number of rotatable bonds is 6. The molecule has 6 heteroatoms. The fourth-order valence-corrected chi connectivity index (χ4v) is 5.56. The molecule has 0 amide bonds. The molecule has 0 aliphatic heterocycles. The van der Waals surface area contributed by atoms with E-state index in [4.69, 9.17) is 15.2 Å². The van der Waals surface area contributed by atoms with Crippen LogP contribution < -0.4 is 15.2 Å². The lowest BCUT2D eigenvalue weighted by atomic mass is 9.64. The molecule has 0 atom stereocenters. The predicted octanol–water partition coefficient (Wildman–Crippen LogP) is 5.28. The van der Waals surface area contributed by atoms with Crippen molar-refractivity contribution >= 4 is 5.95 Å². The van der Waals surface area contributed by atoms with Crippen molar-refractivity contribution in [2.75, 3.05) is 12.8 Å². The van der Waals surface area contributed by atoms with Gasteiger partial charge in [0.15, 0.2) is 11.5 Å². The molecule has 1 heterocycles. The minimum Gasteiger partial charge on any atom is -0.493 e. The van der Waals surface area contributed by atoms with E-state index in [-0.39, 0.29) is 23.6 Å². The van der Waals surface area contributed by atoms with Gasteiger partial charge in [-0.3, -0.25) is 0 Å².